The normalized spacial score (nSPS) is 14.8. The fraction of sp³-hybridized carbons (Fsp3) is 0.500. The van der Waals surface area contributed by atoms with E-state index in [4.69, 9.17) is 10.5 Å². The second kappa shape index (κ2) is 9.15. The highest BCUT2D eigenvalue weighted by atomic mass is 32.2. The number of hydrogen-bond donors (Lipinski definition) is 1. The summed E-state index contributed by atoms with van der Waals surface area (Å²) in [6.45, 7) is 1.58. The van der Waals surface area contributed by atoms with Crippen molar-refractivity contribution in [2.24, 2.45) is 7.05 Å². The van der Waals surface area contributed by atoms with Crippen LogP contribution in [0.15, 0.2) is 38.8 Å². The summed E-state index contributed by atoms with van der Waals surface area (Å²) in [5.74, 6) is 0.612. The summed E-state index contributed by atoms with van der Waals surface area (Å²) in [4.78, 5) is 27.7. The smallest absolute Gasteiger partial charge is 0.332 e. The summed E-state index contributed by atoms with van der Waals surface area (Å²) in [7, 11) is 0.949. The van der Waals surface area contributed by atoms with Crippen LogP contribution >= 0.6 is 0 Å². The highest BCUT2D eigenvalue weighted by molar-refractivity contribution is 7.89. The number of rotatable bonds is 7. The van der Waals surface area contributed by atoms with Crippen molar-refractivity contribution >= 4 is 21.5 Å². The molecular formula is C20H29N5O5S. The van der Waals surface area contributed by atoms with Crippen LogP contribution in [-0.2, 0) is 23.6 Å². The van der Waals surface area contributed by atoms with Gasteiger partial charge in [-0.15, -0.1) is 0 Å². The molecule has 0 amide bonds. The van der Waals surface area contributed by atoms with Gasteiger partial charge in [0, 0.05) is 34.2 Å². The van der Waals surface area contributed by atoms with Crippen LogP contribution in [0, 0.1) is 0 Å². The molecule has 0 saturated carbocycles. The van der Waals surface area contributed by atoms with E-state index in [-0.39, 0.29) is 23.9 Å². The van der Waals surface area contributed by atoms with Crippen molar-refractivity contribution in [3.05, 3.63) is 45.1 Å². The van der Waals surface area contributed by atoms with Crippen molar-refractivity contribution < 1.29 is 13.2 Å². The summed E-state index contributed by atoms with van der Waals surface area (Å²) in [5, 5.41) is 0. The predicted octanol–water partition coefficient (Wildman–Crippen LogP) is 0.449. The molecule has 0 aliphatic carbocycles. The number of piperidine rings is 1. The average molecular weight is 452 g/mol. The first kappa shape index (κ1) is 22.9. The summed E-state index contributed by atoms with van der Waals surface area (Å²) in [5.41, 5.74) is 5.54. The molecule has 0 spiro atoms. The van der Waals surface area contributed by atoms with Crippen molar-refractivity contribution in [1.29, 1.82) is 0 Å². The number of benzene rings is 1. The van der Waals surface area contributed by atoms with Gasteiger partial charge >= 0.3 is 5.69 Å². The largest absolute Gasteiger partial charge is 0.492 e. The van der Waals surface area contributed by atoms with E-state index in [0.29, 0.717) is 11.4 Å². The molecule has 2 aromatic rings. The van der Waals surface area contributed by atoms with Crippen molar-refractivity contribution in [1.82, 2.24) is 13.4 Å². The van der Waals surface area contributed by atoms with E-state index in [1.54, 1.807) is 19.2 Å². The van der Waals surface area contributed by atoms with Gasteiger partial charge in [-0.2, -0.15) is 0 Å². The maximum atomic E-state index is 13.0. The molecule has 1 aromatic heterocycles. The lowest BCUT2D eigenvalue weighted by atomic mass is 10.1. The first-order chi connectivity index (χ1) is 14.6. The van der Waals surface area contributed by atoms with Gasteiger partial charge in [-0.1, -0.05) is 0 Å². The van der Waals surface area contributed by atoms with E-state index >= 15 is 0 Å². The van der Waals surface area contributed by atoms with Crippen molar-refractivity contribution in [2.75, 3.05) is 44.4 Å². The lowest BCUT2D eigenvalue weighted by Crippen LogP contribution is -2.45. The van der Waals surface area contributed by atoms with Gasteiger partial charge in [0.25, 0.3) is 5.56 Å². The molecule has 10 nitrogen and oxygen atoms in total. The zero-order valence-electron chi connectivity index (χ0n) is 18.1. The molecule has 31 heavy (non-hydrogen) atoms. The first-order valence-corrected chi connectivity index (χ1v) is 11.6. The summed E-state index contributed by atoms with van der Waals surface area (Å²) < 4.78 is 33.5. The minimum atomic E-state index is -3.52. The summed E-state index contributed by atoms with van der Waals surface area (Å²) >= 11 is 0. The monoisotopic (exact) mass is 451 g/mol. The van der Waals surface area contributed by atoms with Crippen LogP contribution in [0.3, 0.4) is 0 Å². The second-order valence-corrected chi connectivity index (χ2v) is 9.84. The van der Waals surface area contributed by atoms with E-state index < -0.39 is 21.3 Å². The number of nitrogen functional groups attached to an aromatic ring is 1. The third-order valence-corrected chi connectivity index (χ3v) is 7.26. The Morgan fingerprint density at radius 2 is 1.68 bits per heavy atom. The van der Waals surface area contributed by atoms with Crippen LogP contribution in [0.1, 0.15) is 19.3 Å². The molecule has 1 aromatic carbocycles. The number of sulfonamides is 1. The molecule has 0 bridgehead atoms. The number of nitrogens with two attached hydrogens (primary N) is 1. The topological polar surface area (TPSA) is 120 Å². The Hall–Kier alpha value is -2.79. The Kier molecular flexibility index (Phi) is 6.75. The van der Waals surface area contributed by atoms with Crippen molar-refractivity contribution in [3.63, 3.8) is 0 Å². The third kappa shape index (κ3) is 4.62. The van der Waals surface area contributed by atoms with E-state index in [1.807, 2.05) is 4.90 Å². The van der Waals surface area contributed by atoms with Crippen molar-refractivity contribution in [2.45, 2.75) is 30.7 Å². The Bertz CT molecular complexity index is 1150. The standard InChI is InChI=1S/C20H29N5O5S/c1-22(2)31(28,29)16-9-7-15(8-10-16)30-14-13-25-19(26)17(18(21)23(3)20(25)27)24-11-5-4-6-12-24/h7-10H,4-6,11-14,21H2,1-3H3. The molecule has 1 aliphatic rings. The fourth-order valence-corrected chi connectivity index (χ4v) is 4.45. The zero-order valence-corrected chi connectivity index (χ0v) is 18.9. The number of hydrogen-bond acceptors (Lipinski definition) is 7. The average Bonchev–Trinajstić information content (AvgIpc) is 2.76. The molecule has 1 aliphatic heterocycles. The lowest BCUT2D eigenvalue weighted by Gasteiger charge is -2.29. The van der Waals surface area contributed by atoms with Gasteiger partial charge in [-0.05, 0) is 43.5 Å². The van der Waals surface area contributed by atoms with E-state index in [1.165, 1.54) is 30.8 Å². The second-order valence-electron chi connectivity index (χ2n) is 7.69. The molecule has 170 valence electrons. The first-order valence-electron chi connectivity index (χ1n) is 10.1. The number of nitrogens with zero attached hydrogens (tertiary/aromatic N) is 4. The van der Waals surface area contributed by atoms with Crippen molar-refractivity contribution in [3.8, 4) is 5.75 Å². The fourth-order valence-electron chi connectivity index (χ4n) is 3.55. The molecule has 2 heterocycles. The Morgan fingerprint density at radius 1 is 1.06 bits per heavy atom. The SMILES string of the molecule is CN(C)S(=O)(=O)c1ccc(OCCn2c(=O)c(N3CCCCC3)c(N)n(C)c2=O)cc1. The Labute approximate surface area is 181 Å². The van der Waals surface area contributed by atoms with Crippen LogP contribution in [0.4, 0.5) is 11.5 Å². The van der Waals surface area contributed by atoms with Crippen LogP contribution in [0.25, 0.3) is 0 Å². The van der Waals surface area contributed by atoms with Gasteiger partial charge in [0.05, 0.1) is 11.4 Å². The zero-order chi connectivity index (χ0) is 22.8. The molecule has 1 fully saturated rings. The molecule has 0 unspecified atom stereocenters. The molecule has 2 N–H and O–H groups in total. The molecular weight excluding hydrogens is 422 g/mol. The van der Waals surface area contributed by atoms with E-state index in [2.05, 4.69) is 0 Å². The van der Waals surface area contributed by atoms with Gasteiger partial charge in [-0.25, -0.2) is 17.5 Å². The predicted molar refractivity (Wildman–Crippen MR) is 119 cm³/mol. The number of ether oxygens (including phenoxy) is 1. The molecule has 11 heteroatoms. The third-order valence-electron chi connectivity index (χ3n) is 5.43. The minimum Gasteiger partial charge on any atom is -0.492 e. The highest BCUT2D eigenvalue weighted by Crippen LogP contribution is 2.21. The maximum Gasteiger partial charge on any atom is 0.332 e. The van der Waals surface area contributed by atoms with Gasteiger partial charge in [0.15, 0.2) is 0 Å². The van der Waals surface area contributed by atoms with Crippen LogP contribution in [0.5, 0.6) is 5.75 Å². The summed E-state index contributed by atoms with van der Waals surface area (Å²) in [6.07, 6.45) is 3.06. The van der Waals surface area contributed by atoms with Crippen LogP contribution < -0.4 is 26.6 Å². The lowest BCUT2D eigenvalue weighted by molar-refractivity contribution is 0.292. The highest BCUT2D eigenvalue weighted by Gasteiger charge is 2.22. The van der Waals surface area contributed by atoms with Gasteiger partial charge in [0.2, 0.25) is 10.0 Å². The quantitative estimate of drug-likeness (QED) is 0.649. The summed E-state index contributed by atoms with van der Waals surface area (Å²) in [6, 6.07) is 5.99. The molecule has 1 saturated heterocycles. The van der Waals surface area contributed by atoms with Crippen LogP contribution in [-0.4, -0.2) is 55.6 Å². The Balaban J connectivity index is 1.77. The molecule has 0 atom stereocenters. The molecule has 0 radical (unpaired) electrons. The van der Waals surface area contributed by atoms with E-state index in [9.17, 15) is 18.0 Å². The minimum absolute atomic E-state index is 0.0460. The number of aromatic nitrogens is 2. The Morgan fingerprint density at radius 3 is 2.26 bits per heavy atom. The van der Waals surface area contributed by atoms with Gasteiger partial charge in [0.1, 0.15) is 23.9 Å². The van der Waals surface area contributed by atoms with Gasteiger partial charge in [-0.3, -0.25) is 13.9 Å². The van der Waals surface area contributed by atoms with E-state index in [0.717, 1.165) is 41.2 Å². The van der Waals surface area contributed by atoms with Crippen LogP contribution in [0.2, 0.25) is 0 Å². The molecule has 3 rings (SSSR count). The van der Waals surface area contributed by atoms with Gasteiger partial charge < -0.3 is 15.4 Å². The maximum absolute atomic E-state index is 13.0. The number of anilines is 2.